The summed E-state index contributed by atoms with van der Waals surface area (Å²) in [6.45, 7) is 6.84. The lowest BCUT2D eigenvalue weighted by molar-refractivity contribution is -0.152. The van der Waals surface area contributed by atoms with Gasteiger partial charge in [0.2, 0.25) is 0 Å². The number of likely N-dealkylation sites (tertiary alicyclic amines) is 1. The molecule has 0 spiro atoms. The molecule has 35 heavy (non-hydrogen) atoms. The van der Waals surface area contributed by atoms with Crippen molar-refractivity contribution in [3.05, 3.63) is 78.4 Å². The molecule has 1 saturated heterocycles. The van der Waals surface area contributed by atoms with Crippen LogP contribution in [-0.4, -0.2) is 68.4 Å². The van der Waals surface area contributed by atoms with E-state index in [1.165, 1.54) is 5.56 Å². The third kappa shape index (κ3) is 4.95. The van der Waals surface area contributed by atoms with Gasteiger partial charge in [0.15, 0.2) is 0 Å². The van der Waals surface area contributed by atoms with Gasteiger partial charge in [-0.1, -0.05) is 48.5 Å². The minimum Gasteiger partial charge on any atom is -0.497 e. The van der Waals surface area contributed by atoms with Crippen LogP contribution in [-0.2, 0) is 21.5 Å². The molecule has 1 aliphatic heterocycles. The van der Waals surface area contributed by atoms with Gasteiger partial charge in [-0.05, 0) is 55.5 Å². The van der Waals surface area contributed by atoms with Crippen LogP contribution in [0.5, 0.6) is 5.75 Å². The van der Waals surface area contributed by atoms with E-state index in [0.29, 0.717) is 0 Å². The van der Waals surface area contributed by atoms with E-state index in [9.17, 15) is 4.79 Å². The number of amides is 1. The third-order valence-electron chi connectivity index (χ3n) is 8.11. The Balaban J connectivity index is 1.61. The number of rotatable bonds is 8. The Morgan fingerprint density at radius 2 is 1.97 bits per heavy atom. The van der Waals surface area contributed by atoms with Crippen LogP contribution in [0.1, 0.15) is 36.8 Å². The summed E-state index contributed by atoms with van der Waals surface area (Å²) in [5.41, 5.74) is 1.60. The maximum absolute atomic E-state index is 13.0. The highest BCUT2D eigenvalue weighted by Crippen LogP contribution is 2.54. The Labute approximate surface area is 209 Å². The zero-order valence-electron chi connectivity index (χ0n) is 21.2. The van der Waals surface area contributed by atoms with E-state index in [0.717, 1.165) is 56.6 Å². The summed E-state index contributed by atoms with van der Waals surface area (Å²) in [7, 11) is 5.40. The van der Waals surface area contributed by atoms with Crippen molar-refractivity contribution < 1.29 is 19.0 Å². The van der Waals surface area contributed by atoms with Crippen molar-refractivity contribution in [3.63, 3.8) is 0 Å². The molecule has 0 bridgehead atoms. The molecule has 6 heteroatoms. The predicted octanol–water partition coefficient (Wildman–Crippen LogP) is 5.03. The van der Waals surface area contributed by atoms with Crippen LogP contribution >= 0.6 is 0 Å². The topological polar surface area (TPSA) is 51.2 Å². The van der Waals surface area contributed by atoms with Gasteiger partial charge in [-0.25, -0.2) is 4.79 Å². The van der Waals surface area contributed by atoms with Gasteiger partial charge in [-0.15, -0.1) is 6.58 Å². The van der Waals surface area contributed by atoms with Crippen molar-refractivity contribution in [2.24, 2.45) is 0 Å². The molecule has 1 aliphatic carbocycles. The molecule has 0 radical (unpaired) electrons. The van der Waals surface area contributed by atoms with Crippen LogP contribution in [0.15, 0.2) is 67.3 Å². The Bertz CT molecular complexity index is 1010. The lowest BCUT2D eigenvalue weighted by atomic mass is 9.55. The van der Waals surface area contributed by atoms with E-state index in [-0.39, 0.29) is 29.8 Å². The summed E-state index contributed by atoms with van der Waals surface area (Å²) in [6.07, 6.45) is 5.14. The van der Waals surface area contributed by atoms with Crippen LogP contribution < -0.4 is 4.74 Å². The second-order valence-electron chi connectivity index (χ2n) is 9.83. The molecule has 4 rings (SSSR count). The zero-order valence-corrected chi connectivity index (χ0v) is 21.2. The van der Waals surface area contributed by atoms with E-state index in [4.69, 9.17) is 14.2 Å². The first-order valence-electron chi connectivity index (χ1n) is 12.4. The van der Waals surface area contributed by atoms with Gasteiger partial charge < -0.3 is 19.1 Å². The standard InChI is InChI=1S/C29H38N2O4/c1-5-17-31-18-16-28(24-12-9-13-26(19-24)33-3)20-25(14-15-29(28,22-31)34-4)30(2)27(32)35-21-23-10-7-6-8-11-23/h5-13,19,25H,1,14-18,20-22H2,2-4H3/t25-,28-,29-/m0/s1. The van der Waals surface area contributed by atoms with Crippen molar-refractivity contribution in [1.29, 1.82) is 0 Å². The van der Waals surface area contributed by atoms with Gasteiger partial charge >= 0.3 is 6.09 Å². The Kier molecular flexibility index (Phi) is 7.82. The minimum atomic E-state index is -0.355. The number of ether oxygens (including phenoxy) is 3. The first-order valence-corrected chi connectivity index (χ1v) is 12.4. The quantitative estimate of drug-likeness (QED) is 0.498. The summed E-state index contributed by atoms with van der Waals surface area (Å²) in [4.78, 5) is 17.3. The lowest BCUT2D eigenvalue weighted by Crippen LogP contribution is -2.68. The van der Waals surface area contributed by atoms with Gasteiger partial charge in [-0.3, -0.25) is 4.90 Å². The number of fused-ring (bicyclic) bond motifs is 1. The SMILES string of the molecule is C=CCN1CC[C@@]2(c3cccc(OC)c3)C[C@@H](N(C)C(=O)OCc3ccccc3)CC[C@]2(OC)C1. The van der Waals surface area contributed by atoms with Crippen LogP contribution in [0.25, 0.3) is 0 Å². The minimum absolute atomic E-state index is 0.0544. The molecule has 0 aromatic heterocycles. The molecule has 0 N–H and O–H groups in total. The zero-order chi connectivity index (χ0) is 24.9. The largest absolute Gasteiger partial charge is 0.497 e. The van der Waals surface area contributed by atoms with E-state index in [1.807, 2.05) is 56.6 Å². The summed E-state index contributed by atoms with van der Waals surface area (Å²) >= 11 is 0. The summed E-state index contributed by atoms with van der Waals surface area (Å²) in [5.74, 6) is 0.841. The van der Waals surface area contributed by atoms with Crippen molar-refractivity contribution in [1.82, 2.24) is 9.80 Å². The number of methoxy groups -OCH3 is 2. The first kappa shape index (κ1) is 25.3. The van der Waals surface area contributed by atoms with Crippen molar-refractivity contribution in [2.75, 3.05) is 40.9 Å². The average Bonchev–Trinajstić information content (AvgIpc) is 2.91. The molecule has 1 saturated carbocycles. The normalized spacial score (nSPS) is 26.4. The molecule has 2 aromatic carbocycles. The summed E-state index contributed by atoms with van der Waals surface area (Å²) in [6, 6.07) is 18.2. The van der Waals surface area contributed by atoms with E-state index >= 15 is 0 Å². The first-order chi connectivity index (χ1) is 17.0. The fourth-order valence-corrected chi connectivity index (χ4v) is 6.13. The number of carbonyl (C=O) groups is 1. The molecule has 3 atom stereocenters. The van der Waals surface area contributed by atoms with Gasteiger partial charge in [0.1, 0.15) is 12.4 Å². The molecular weight excluding hydrogens is 440 g/mol. The molecule has 2 aliphatic rings. The fourth-order valence-electron chi connectivity index (χ4n) is 6.13. The molecule has 1 heterocycles. The number of carbonyl (C=O) groups excluding carboxylic acids is 1. The number of hydrogen-bond acceptors (Lipinski definition) is 5. The van der Waals surface area contributed by atoms with Crippen molar-refractivity contribution in [3.8, 4) is 5.75 Å². The van der Waals surface area contributed by atoms with Crippen LogP contribution in [0.3, 0.4) is 0 Å². The summed E-state index contributed by atoms with van der Waals surface area (Å²) < 4.78 is 17.7. The van der Waals surface area contributed by atoms with E-state index in [2.05, 4.69) is 29.7 Å². The highest BCUT2D eigenvalue weighted by molar-refractivity contribution is 5.67. The molecule has 6 nitrogen and oxygen atoms in total. The molecule has 188 valence electrons. The van der Waals surface area contributed by atoms with Gasteiger partial charge in [0, 0.05) is 38.7 Å². The van der Waals surface area contributed by atoms with Gasteiger partial charge in [0.25, 0.3) is 0 Å². The second kappa shape index (κ2) is 10.8. The van der Waals surface area contributed by atoms with Crippen LogP contribution in [0, 0.1) is 0 Å². The van der Waals surface area contributed by atoms with Crippen LogP contribution in [0.2, 0.25) is 0 Å². The number of piperidine rings is 1. The van der Waals surface area contributed by atoms with Crippen LogP contribution in [0.4, 0.5) is 4.79 Å². The molecule has 0 unspecified atom stereocenters. The van der Waals surface area contributed by atoms with E-state index in [1.54, 1.807) is 12.0 Å². The second-order valence-corrected chi connectivity index (χ2v) is 9.83. The highest BCUT2D eigenvalue weighted by Gasteiger charge is 2.59. The number of hydrogen-bond donors (Lipinski definition) is 0. The monoisotopic (exact) mass is 478 g/mol. The molecule has 1 amide bonds. The van der Waals surface area contributed by atoms with Gasteiger partial charge in [-0.2, -0.15) is 0 Å². The number of benzene rings is 2. The van der Waals surface area contributed by atoms with Crippen molar-refractivity contribution >= 4 is 6.09 Å². The molecule has 2 fully saturated rings. The van der Waals surface area contributed by atoms with Crippen molar-refractivity contribution in [2.45, 2.75) is 49.3 Å². The highest BCUT2D eigenvalue weighted by atomic mass is 16.6. The Morgan fingerprint density at radius 1 is 1.17 bits per heavy atom. The predicted molar refractivity (Wildman–Crippen MR) is 138 cm³/mol. The molecular formula is C29H38N2O4. The van der Waals surface area contributed by atoms with Gasteiger partial charge in [0.05, 0.1) is 12.7 Å². The lowest BCUT2D eigenvalue weighted by Gasteiger charge is -2.60. The Hall–Kier alpha value is -2.83. The Morgan fingerprint density at radius 3 is 2.69 bits per heavy atom. The third-order valence-corrected chi connectivity index (χ3v) is 8.11. The maximum atomic E-state index is 13.0. The van der Waals surface area contributed by atoms with E-state index < -0.39 is 0 Å². The fraction of sp³-hybridized carbons (Fsp3) is 0.483. The molecule has 2 aromatic rings. The summed E-state index contributed by atoms with van der Waals surface area (Å²) in [5, 5.41) is 0. The average molecular weight is 479 g/mol. The smallest absolute Gasteiger partial charge is 0.410 e. The number of nitrogens with zero attached hydrogens (tertiary/aromatic N) is 2. The maximum Gasteiger partial charge on any atom is 0.410 e.